The summed E-state index contributed by atoms with van der Waals surface area (Å²) < 4.78 is 5.15. The summed E-state index contributed by atoms with van der Waals surface area (Å²) in [5, 5.41) is 6.09. The number of H-pyrrole nitrogens is 1. The molecule has 3 rings (SSSR count). The van der Waals surface area contributed by atoms with Gasteiger partial charge in [0.05, 0.1) is 24.3 Å². The average molecular weight is 374 g/mol. The van der Waals surface area contributed by atoms with Crippen molar-refractivity contribution in [2.75, 3.05) is 18.2 Å². The van der Waals surface area contributed by atoms with Crippen LogP contribution in [0.25, 0.3) is 11.3 Å². The summed E-state index contributed by atoms with van der Waals surface area (Å²) in [6.07, 6.45) is 0. The van der Waals surface area contributed by atoms with Crippen molar-refractivity contribution in [2.45, 2.75) is 19.0 Å². The maximum absolute atomic E-state index is 12.1. The Labute approximate surface area is 154 Å². The first-order valence-electron chi connectivity index (χ1n) is 7.61. The second kappa shape index (κ2) is 7.71. The number of carbonyl (C=O) groups is 1. The highest BCUT2D eigenvalue weighted by Gasteiger charge is 2.10. The van der Waals surface area contributed by atoms with Gasteiger partial charge in [0.1, 0.15) is 5.75 Å². The number of thiazole rings is 1. The number of imidazole rings is 1. The minimum absolute atomic E-state index is 0.104. The Morgan fingerprint density at radius 2 is 2.04 bits per heavy atom. The van der Waals surface area contributed by atoms with Gasteiger partial charge < -0.3 is 15.0 Å². The zero-order valence-electron chi connectivity index (χ0n) is 14.1. The smallest absolute Gasteiger partial charge is 0.236 e. The van der Waals surface area contributed by atoms with Gasteiger partial charge in [0.25, 0.3) is 0 Å². The monoisotopic (exact) mass is 374 g/mol. The van der Waals surface area contributed by atoms with Crippen molar-refractivity contribution in [3.8, 4) is 17.0 Å². The number of aromatic nitrogens is 3. The van der Waals surface area contributed by atoms with Crippen LogP contribution in [0.3, 0.4) is 0 Å². The van der Waals surface area contributed by atoms with Crippen LogP contribution in [0.5, 0.6) is 5.75 Å². The highest BCUT2D eigenvalue weighted by molar-refractivity contribution is 7.99. The van der Waals surface area contributed by atoms with Crippen molar-refractivity contribution < 1.29 is 9.53 Å². The quantitative estimate of drug-likeness (QED) is 0.640. The number of carbonyl (C=O) groups excluding carboxylic acids is 1. The Morgan fingerprint density at radius 1 is 1.28 bits per heavy atom. The van der Waals surface area contributed by atoms with Crippen molar-refractivity contribution in [1.82, 2.24) is 15.0 Å². The van der Waals surface area contributed by atoms with Gasteiger partial charge in [0.2, 0.25) is 5.91 Å². The number of amides is 1. The number of aryl methyl sites for hydroxylation is 2. The molecule has 0 atom stereocenters. The van der Waals surface area contributed by atoms with Crippen LogP contribution in [0.15, 0.2) is 34.8 Å². The molecule has 2 aromatic heterocycles. The fourth-order valence-corrected chi connectivity index (χ4v) is 3.60. The molecule has 0 unspecified atom stereocenters. The van der Waals surface area contributed by atoms with E-state index < -0.39 is 0 Å². The lowest BCUT2D eigenvalue weighted by molar-refractivity contribution is -0.113. The molecule has 1 aromatic carbocycles. The molecule has 2 heterocycles. The molecule has 2 N–H and O–H groups in total. The molecule has 130 valence electrons. The van der Waals surface area contributed by atoms with Crippen LogP contribution in [-0.2, 0) is 4.79 Å². The Bertz CT molecular complexity index is 852. The van der Waals surface area contributed by atoms with E-state index in [1.807, 2.05) is 43.5 Å². The van der Waals surface area contributed by atoms with Gasteiger partial charge in [-0.1, -0.05) is 11.8 Å². The Kier molecular flexibility index (Phi) is 5.40. The zero-order chi connectivity index (χ0) is 17.8. The lowest BCUT2D eigenvalue weighted by atomic mass is 10.2. The molecule has 0 fully saturated rings. The van der Waals surface area contributed by atoms with E-state index in [4.69, 9.17) is 4.74 Å². The number of hydrogen-bond donors (Lipinski definition) is 2. The Morgan fingerprint density at radius 3 is 2.68 bits per heavy atom. The Balaban J connectivity index is 1.57. The van der Waals surface area contributed by atoms with Crippen LogP contribution in [0.2, 0.25) is 0 Å². The van der Waals surface area contributed by atoms with Gasteiger partial charge in [-0.3, -0.25) is 4.79 Å². The van der Waals surface area contributed by atoms with E-state index in [0.717, 1.165) is 33.6 Å². The second-order valence-corrected chi connectivity index (χ2v) is 7.18. The van der Waals surface area contributed by atoms with Crippen molar-refractivity contribution in [2.24, 2.45) is 0 Å². The van der Waals surface area contributed by atoms with E-state index in [1.165, 1.54) is 23.1 Å². The third-order valence-electron chi connectivity index (χ3n) is 3.58. The average Bonchev–Trinajstić information content (AvgIpc) is 3.20. The van der Waals surface area contributed by atoms with E-state index >= 15 is 0 Å². The first-order chi connectivity index (χ1) is 12.0. The molecule has 6 nitrogen and oxygen atoms in total. The lowest BCUT2D eigenvalue weighted by Gasteiger charge is -2.01. The number of hydrogen-bond acceptors (Lipinski definition) is 6. The number of rotatable bonds is 6. The van der Waals surface area contributed by atoms with Crippen molar-refractivity contribution in [3.05, 3.63) is 41.0 Å². The zero-order valence-corrected chi connectivity index (χ0v) is 15.8. The molecule has 0 radical (unpaired) electrons. The number of nitrogens with zero attached hydrogens (tertiary/aromatic N) is 2. The molecular formula is C17H18N4O2S2. The molecule has 0 saturated carbocycles. The highest BCUT2D eigenvalue weighted by atomic mass is 32.2. The minimum atomic E-state index is -0.104. The van der Waals surface area contributed by atoms with Crippen LogP contribution in [-0.4, -0.2) is 33.7 Å². The lowest BCUT2D eigenvalue weighted by Crippen LogP contribution is -2.13. The van der Waals surface area contributed by atoms with Crippen LogP contribution < -0.4 is 10.1 Å². The van der Waals surface area contributed by atoms with Crippen LogP contribution >= 0.6 is 23.1 Å². The maximum Gasteiger partial charge on any atom is 0.236 e. The van der Waals surface area contributed by atoms with Crippen molar-refractivity contribution in [3.63, 3.8) is 0 Å². The first-order valence-corrected chi connectivity index (χ1v) is 9.47. The molecular weight excluding hydrogens is 356 g/mol. The Hall–Kier alpha value is -2.32. The van der Waals surface area contributed by atoms with Crippen molar-refractivity contribution >= 4 is 34.1 Å². The summed E-state index contributed by atoms with van der Waals surface area (Å²) in [5.74, 6) is 0.976. The molecule has 25 heavy (non-hydrogen) atoms. The normalized spacial score (nSPS) is 10.7. The third kappa shape index (κ3) is 4.40. The summed E-state index contributed by atoms with van der Waals surface area (Å²) in [4.78, 5) is 24.0. The van der Waals surface area contributed by atoms with Gasteiger partial charge in [0, 0.05) is 16.6 Å². The summed E-state index contributed by atoms with van der Waals surface area (Å²) >= 11 is 2.78. The molecule has 0 bridgehead atoms. The largest absolute Gasteiger partial charge is 0.497 e. The van der Waals surface area contributed by atoms with Gasteiger partial charge in [-0.05, 0) is 38.1 Å². The molecule has 8 heteroatoms. The summed E-state index contributed by atoms with van der Waals surface area (Å²) in [6.45, 7) is 3.90. The number of ether oxygens (including phenoxy) is 1. The van der Waals surface area contributed by atoms with E-state index in [9.17, 15) is 4.79 Å². The van der Waals surface area contributed by atoms with E-state index in [1.54, 1.807) is 7.11 Å². The maximum atomic E-state index is 12.1. The highest BCUT2D eigenvalue weighted by Crippen LogP contribution is 2.26. The fraction of sp³-hybridized carbons (Fsp3) is 0.235. The summed E-state index contributed by atoms with van der Waals surface area (Å²) in [6, 6.07) is 7.65. The van der Waals surface area contributed by atoms with Gasteiger partial charge >= 0.3 is 0 Å². The van der Waals surface area contributed by atoms with Gasteiger partial charge in [-0.2, -0.15) is 0 Å². The number of benzene rings is 1. The number of methoxy groups -OCH3 is 1. The number of aromatic amines is 1. The molecule has 0 saturated heterocycles. The van der Waals surface area contributed by atoms with Crippen LogP contribution in [0, 0.1) is 13.8 Å². The van der Waals surface area contributed by atoms with Gasteiger partial charge in [0.15, 0.2) is 10.3 Å². The molecule has 0 aliphatic heterocycles. The molecule has 3 aromatic rings. The van der Waals surface area contributed by atoms with E-state index in [0.29, 0.717) is 5.13 Å². The number of anilines is 1. The molecule has 1 amide bonds. The van der Waals surface area contributed by atoms with E-state index in [2.05, 4.69) is 20.3 Å². The van der Waals surface area contributed by atoms with Crippen molar-refractivity contribution in [1.29, 1.82) is 0 Å². The molecule has 0 aliphatic carbocycles. The first kappa shape index (κ1) is 17.5. The van der Waals surface area contributed by atoms with E-state index in [-0.39, 0.29) is 11.7 Å². The van der Waals surface area contributed by atoms with Gasteiger partial charge in [-0.15, -0.1) is 11.3 Å². The minimum Gasteiger partial charge on any atom is -0.497 e. The van der Waals surface area contributed by atoms with Gasteiger partial charge in [-0.25, -0.2) is 9.97 Å². The number of thioether (sulfide) groups is 1. The predicted octanol–water partition coefficient (Wildman–Crippen LogP) is 3.89. The SMILES string of the molecule is COc1ccc(-c2csc(NC(=O)CSc3nc(C)c(C)[nH]3)n2)cc1. The number of nitrogens with one attached hydrogen (secondary N) is 2. The summed E-state index contributed by atoms with van der Waals surface area (Å²) in [5.41, 5.74) is 3.78. The third-order valence-corrected chi connectivity index (χ3v) is 5.21. The second-order valence-electron chi connectivity index (χ2n) is 5.36. The van der Waals surface area contributed by atoms with Crippen LogP contribution in [0.1, 0.15) is 11.4 Å². The van der Waals surface area contributed by atoms with Crippen LogP contribution in [0.4, 0.5) is 5.13 Å². The molecule has 0 aliphatic rings. The predicted molar refractivity (Wildman–Crippen MR) is 102 cm³/mol. The fourth-order valence-electron chi connectivity index (χ4n) is 2.10. The molecule has 0 spiro atoms. The topological polar surface area (TPSA) is 79.9 Å². The standard InChI is InChI=1S/C17H18N4O2S2/c1-10-11(2)19-16(18-10)25-9-15(22)21-17-20-14(8-24-17)12-4-6-13(23-3)7-5-12/h4-8H,9H2,1-3H3,(H,18,19)(H,20,21,22). The summed E-state index contributed by atoms with van der Waals surface area (Å²) in [7, 11) is 1.63.